The van der Waals surface area contributed by atoms with E-state index in [1.807, 2.05) is 39.2 Å². The molecule has 4 heteroatoms. The maximum absolute atomic E-state index is 12.2. The number of hydrogen-bond donors (Lipinski definition) is 2. The zero-order chi connectivity index (χ0) is 15.0. The van der Waals surface area contributed by atoms with E-state index in [1.165, 1.54) is 0 Å². The summed E-state index contributed by atoms with van der Waals surface area (Å²) in [7, 11) is 4.01. The summed E-state index contributed by atoms with van der Waals surface area (Å²) < 4.78 is 0. The molecule has 108 valence electrons. The molecule has 0 aliphatic heterocycles. The van der Waals surface area contributed by atoms with Crippen molar-refractivity contribution in [3.05, 3.63) is 34.9 Å². The largest absolute Gasteiger partial charge is 0.384 e. The molecule has 0 saturated heterocycles. The summed E-state index contributed by atoms with van der Waals surface area (Å²) in [4.78, 5) is 14.3. The Kier molecular flexibility index (Phi) is 6.78. The van der Waals surface area contributed by atoms with E-state index in [0.717, 1.165) is 18.5 Å². The molecule has 0 fully saturated rings. The average Bonchev–Trinajstić information content (AvgIpc) is 2.41. The molecule has 0 atom stereocenters. The SMILES string of the molecule is Cc1ccc(C#CCO)c(C(=O)NCCCN(C)C)c1. The molecule has 0 saturated carbocycles. The second kappa shape index (κ2) is 8.36. The van der Waals surface area contributed by atoms with Crippen LogP contribution in [-0.4, -0.2) is 49.7 Å². The number of aliphatic hydroxyl groups is 1. The number of carbonyl (C=O) groups excluding carboxylic acids is 1. The Morgan fingerprint density at radius 1 is 1.40 bits per heavy atom. The van der Waals surface area contributed by atoms with Crippen molar-refractivity contribution in [1.29, 1.82) is 0 Å². The van der Waals surface area contributed by atoms with Crippen LogP contribution in [0.5, 0.6) is 0 Å². The monoisotopic (exact) mass is 274 g/mol. The molecule has 1 aromatic rings. The zero-order valence-electron chi connectivity index (χ0n) is 12.4. The van der Waals surface area contributed by atoms with Gasteiger partial charge in [0.1, 0.15) is 6.61 Å². The highest BCUT2D eigenvalue weighted by atomic mass is 16.2. The molecule has 0 unspecified atom stereocenters. The van der Waals surface area contributed by atoms with Gasteiger partial charge in [-0.2, -0.15) is 0 Å². The first kappa shape index (κ1) is 16.2. The smallest absolute Gasteiger partial charge is 0.252 e. The lowest BCUT2D eigenvalue weighted by Gasteiger charge is -2.11. The van der Waals surface area contributed by atoms with Gasteiger partial charge in [-0.25, -0.2) is 0 Å². The summed E-state index contributed by atoms with van der Waals surface area (Å²) in [6.07, 6.45) is 0.905. The summed E-state index contributed by atoms with van der Waals surface area (Å²) >= 11 is 0. The van der Waals surface area contributed by atoms with Crippen molar-refractivity contribution in [1.82, 2.24) is 10.2 Å². The van der Waals surface area contributed by atoms with Crippen molar-refractivity contribution in [2.24, 2.45) is 0 Å². The van der Waals surface area contributed by atoms with E-state index in [4.69, 9.17) is 5.11 Å². The van der Waals surface area contributed by atoms with Gasteiger partial charge in [-0.1, -0.05) is 23.5 Å². The van der Waals surface area contributed by atoms with Crippen LogP contribution in [0.4, 0.5) is 0 Å². The average molecular weight is 274 g/mol. The predicted molar refractivity (Wildman–Crippen MR) is 80.6 cm³/mol. The highest BCUT2D eigenvalue weighted by Crippen LogP contribution is 2.10. The van der Waals surface area contributed by atoms with Gasteiger partial charge in [0.05, 0.1) is 5.56 Å². The van der Waals surface area contributed by atoms with Gasteiger partial charge in [0.15, 0.2) is 0 Å². The maximum atomic E-state index is 12.2. The molecule has 1 amide bonds. The third kappa shape index (κ3) is 5.43. The zero-order valence-corrected chi connectivity index (χ0v) is 12.4. The van der Waals surface area contributed by atoms with E-state index in [2.05, 4.69) is 22.1 Å². The first-order valence-corrected chi connectivity index (χ1v) is 6.68. The molecule has 0 spiro atoms. The summed E-state index contributed by atoms with van der Waals surface area (Å²) in [5.41, 5.74) is 2.23. The van der Waals surface area contributed by atoms with E-state index in [9.17, 15) is 4.79 Å². The Labute approximate surface area is 120 Å². The quantitative estimate of drug-likeness (QED) is 0.622. The van der Waals surface area contributed by atoms with Crippen molar-refractivity contribution in [3.63, 3.8) is 0 Å². The van der Waals surface area contributed by atoms with Crippen molar-refractivity contribution in [3.8, 4) is 11.8 Å². The minimum absolute atomic E-state index is 0.116. The van der Waals surface area contributed by atoms with Gasteiger partial charge in [0.2, 0.25) is 0 Å². The number of rotatable bonds is 5. The molecular formula is C16H22N2O2. The molecule has 0 heterocycles. The fourth-order valence-corrected chi connectivity index (χ4v) is 1.78. The second-order valence-corrected chi connectivity index (χ2v) is 4.92. The number of benzene rings is 1. The van der Waals surface area contributed by atoms with E-state index in [-0.39, 0.29) is 12.5 Å². The lowest BCUT2D eigenvalue weighted by atomic mass is 10.0. The maximum Gasteiger partial charge on any atom is 0.252 e. The molecular weight excluding hydrogens is 252 g/mol. The number of amides is 1. The summed E-state index contributed by atoms with van der Waals surface area (Å²) in [5.74, 6) is 5.27. The predicted octanol–water partition coefficient (Wildman–Crippen LogP) is 1.02. The highest BCUT2D eigenvalue weighted by Gasteiger charge is 2.10. The Balaban J connectivity index is 2.73. The molecule has 20 heavy (non-hydrogen) atoms. The van der Waals surface area contributed by atoms with Crippen molar-refractivity contribution in [2.45, 2.75) is 13.3 Å². The van der Waals surface area contributed by atoms with Gasteiger partial charge in [0.25, 0.3) is 5.91 Å². The number of carbonyl (C=O) groups is 1. The van der Waals surface area contributed by atoms with Gasteiger partial charge in [-0.05, 0) is 46.1 Å². The Bertz CT molecular complexity index is 513. The standard InChI is InChI=1S/C16H22N2O2/c1-13-7-8-14(6-4-11-19)15(12-13)16(20)17-9-5-10-18(2)3/h7-8,12,19H,5,9-11H2,1-3H3,(H,17,20). The summed E-state index contributed by atoms with van der Waals surface area (Å²) in [6.45, 7) is 3.30. The van der Waals surface area contributed by atoms with Gasteiger partial charge in [-0.3, -0.25) is 4.79 Å². The lowest BCUT2D eigenvalue weighted by Crippen LogP contribution is -2.27. The molecule has 1 rings (SSSR count). The highest BCUT2D eigenvalue weighted by molar-refractivity contribution is 5.96. The van der Waals surface area contributed by atoms with Gasteiger partial charge in [0, 0.05) is 12.1 Å². The topological polar surface area (TPSA) is 52.6 Å². The number of aliphatic hydroxyl groups excluding tert-OH is 1. The lowest BCUT2D eigenvalue weighted by molar-refractivity contribution is 0.0952. The normalized spacial score (nSPS) is 10.1. The summed E-state index contributed by atoms with van der Waals surface area (Å²) in [5, 5.41) is 11.7. The molecule has 2 N–H and O–H groups in total. The van der Waals surface area contributed by atoms with Gasteiger partial charge >= 0.3 is 0 Å². The third-order valence-corrected chi connectivity index (χ3v) is 2.79. The van der Waals surface area contributed by atoms with Crippen molar-refractivity contribution in [2.75, 3.05) is 33.8 Å². The molecule has 0 bridgehead atoms. The number of nitrogens with zero attached hydrogens (tertiary/aromatic N) is 1. The first-order valence-electron chi connectivity index (χ1n) is 6.68. The fraction of sp³-hybridized carbons (Fsp3) is 0.438. The number of nitrogens with one attached hydrogen (secondary N) is 1. The van der Waals surface area contributed by atoms with Crippen LogP contribution in [0.15, 0.2) is 18.2 Å². The third-order valence-electron chi connectivity index (χ3n) is 2.79. The Morgan fingerprint density at radius 2 is 2.15 bits per heavy atom. The summed E-state index contributed by atoms with van der Waals surface area (Å²) in [6, 6.07) is 5.54. The van der Waals surface area contributed by atoms with Crippen LogP contribution in [0.1, 0.15) is 27.9 Å². The minimum Gasteiger partial charge on any atom is -0.384 e. The van der Waals surface area contributed by atoms with E-state index < -0.39 is 0 Å². The van der Waals surface area contributed by atoms with Crippen molar-refractivity contribution < 1.29 is 9.90 Å². The van der Waals surface area contributed by atoms with Crippen LogP contribution in [0.25, 0.3) is 0 Å². The molecule has 4 nitrogen and oxygen atoms in total. The van der Waals surface area contributed by atoms with Crippen LogP contribution < -0.4 is 5.32 Å². The van der Waals surface area contributed by atoms with Crippen LogP contribution >= 0.6 is 0 Å². The van der Waals surface area contributed by atoms with E-state index in [1.54, 1.807) is 0 Å². The number of hydrogen-bond acceptors (Lipinski definition) is 3. The van der Waals surface area contributed by atoms with Gasteiger partial charge < -0.3 is 15.3 Å². The fourth-order valence-electron chi connectivity index (χ4n) is 1.78. The van der Waals surface area contributed by atoms with E-state index >= 15 is 0 Å². The molecule has 0 aliphatic rings. The first-order chi connectivity index (χ1) is 9.54. The van der Waals surface area contributed by atoms with Crippen LogP contribution in [0, 0.1) is 18.8 Å². The van der Waals surface area contributed by atoms with Crippen LogP contribution in [0.2, 0.25) is 0 Å². The molecule has 1 aromatic carbocycles. The number of aryl methyl sites for hydroxylation is 1. The minimum atomic E-state index is -0.211. The van der Waals surface area contributed by atoms with Gasteiger partial charge in [-0.15, -0.1) is 0 Å². The molecule has 0 radical (unpaired) electrons. The van der Waals surface area contributed by atoms with Crippen LogP contribution in [0.3, 0.4) is 0 Å². The molecule has 0 aromatic heterocycles. The molecule has 0 aliphatic carbocycles. The van der Waals surface area contributed by atoms with Crippen molar-refractivity contribution >= 4 is 5.91 Å². The Hall–Kier alpha value is -1.83. The Morgan fingerprint density at radius 3 is 2.80 bits per heavy atom. The van der Waals surface area contributed by atoms with E-state index in [0.29, 0.717) is 17.7 Å². The second-order valence-electron chi connectivity index (χ2n) is 4.92. The van der Waals surface area contributed by atoms with Crippen LogP contribution in [-0.2, 0) is 0 Å².